The van der Waals surface area contributed by atoms with Crippen LogP contribution in [-0.4, -0.2) is 16.3 Å². The zero-order valence-electron chi connectivity index (χ0n) is 3.82. The molecule has 0 aromatic rings. The van der Waals surface area contributed by atoms with Crippen LogP contribution in [-0.2, 0) is 0 Å². The Morgan fingerprint density at radius 1 is 1.43 bits per heavy atom. The fourth-order valence-corrected chi connectivity index (χ4v) is 1.54. The number of hydrogen-bond donors (Lipinski definition) is 1. The number of halogens is 2. The van der Waals surface area contributed by atoms with E-state index < -0.39 is 0 Å². The SMILES string of the molecule is BrC1CCNC1Br. The smallest absolute Gasteiger partial charge is 0.0757 e. The lowest BCUT2D eigenvalue weighted by atomic mass is 10.4. The van der Waals surface area contributed by atoms with E-state index in [4.69, 9.17) is 0 Å². The van der Waals surface area contributed by atoms with Gasteiger partial charge in [0.2, 0.25) is 0 Å². The van der Waals surface area contributed by atoms with Crippen LogP contribution in [0.25, 0.3) is 0 Å². The molecule has 0 spiro atoms. The molecule has 1 heterocycles. The number of rotatable bonds is 0. The highest BCUT2D eigenvalue weighted by atomic mass is 79.9. The summed E-state index contributed by atoms with van der Waals surface area (Å²) in [6.07, 6.45) is 1.23. The van der Waals surface area contributed by atoms with Crippen LogP contribution in [0.15, 0.2) is 0 Å². The molecule has 1 aliphatic rings. The van der Waals surface area contributed by atoms with E-state index in [2.05, 4.69) is 37.2 Å². The second kappa shape index (κ2) is 2.46. The highest BCUT2D eigenvalue weighted by molar-refractivity contribution is 9.12. The standard InChI is InChI=1S/C4H7Br2N/c5-3-1-2-7-4(3)6/h3-4,7H,1-2H2. The van der Waals surface area contributed by atoms with Crippen molar-refractivity contribution in [1.29, 1.82) is 0 Å². The Kier molecular flexibility index (Phi) is 2.13. The van der Waals surface area contributed by atoms with Crippen molar-refractivity contribution in [2.75, 3.05) is 6.54 Å². The Bertz CT molecular complexity index is 58.7. The fourth-order valence-electron chi connectivity index (χ4n) is 0.633. The van der Waals surface area contributed by atoms with Gasteiger partial charge in [-0.2, -0.15) is 0 Å². The molecule has 0 aromatic carbocycles. The molecule has 0 bridgehead atoms. The molecule has 0 amide bonds. The molecule has 1 saturated heterocycles. The van der Waals surface area contributed by atoms with Crippen molar-refractivity contribution in [1.82, 2.24) is 5.32 Å². The van der Waals surface area contributed by atoms with Crippen LogP contribution in [0.2, 0.25) is 0 Å². The predicted octanol–water partition coefficient (Wildman–Crippen LogP) is 1.46. The van der Waals surface area contributed by atoms with Gasteiger partial charge in [0, 0.05) is 4.83 Å². The van der Waals surface area contributed by atoms with Gasteiger partial charge in [-0.3, -0.25) is 0 Å². The molecular weight excluding hydrogens is 222 g/mol. The maximum atomic E-state index is 3.49. The van der Waals surface area contributed by atoms with Gasteiger partial charge in [-0.1, -0.05) is 31.9 Å². The normalized spacial score (nSPS) is 42.0. The van der Waals surface area contributed by atoms with E-state index in [9.17, 15) is 0 Å². The summed E-state index contributed by atoms with van der Waals surface area (Å²) in [4.78, 5) is 1.12. The first-order valence-corrected chi connectivity index (χ1v) is 4.15. The van der Waals surface area contributed by atoms with Crippen LogP contribution in [0.4, 0.5) is 0 Å². The molecular formula is C4H7Br2N. The molecule has 2 unspecified atom stereocenters. The summed E-state index contributed by atoms with van der Waals surface area (Å²) in [5.74, 6) is 0. The average molecular weight is 229 g/mol. The topological polar surface area (TPSA) is 12.0 Å². The second-order valence-corrected chi connectivity index (χ2v) is 3.82. The molecule has 1 nitrogen and oxygen atoms in total. The molecule has 7 heavy (non-hydrogen) atoms. The number of hydrogen-bond acceptors (Lipinski definition) is 1. The molecule has 1 fully saturated rings. The highest BCUT2D eigenvalue weighted by Crippen LogP contribution is 2.19. The van der Waals surface area contributed by atoms with Crippen molar-refractivity contribution >= 4 is 31.9 Å². The fraction of sp³-hybridized carbons (Fsp3) is 1.00. The van der Waals surface area contributed by atoms with Crippen molar-refractivity contribution in [2.24, 2.45) is 0 Å². The average Bonchev–Trinajstić information content (AvgIpc) is 1.91. The highest BCUT2D eigenvalue weighted by Gasteiger charge is 2.20. The van der Waals surface area contributed by atoms with Gasteiger partial charge in [-0.25, -0.2) is 0 Å². The van der Waals surface area contributed by atoms with Gasteiger partial charge < -0.3 is 5.32 Å². The Balaban J connectivity index is 2.33. The lowest BCUT2D eigenvalue weighted by Crippen LogP contribution is -2.18. The molecule has 0 aliphatic carbocycles. The minimum Gasteiger partial charge on any atom is -0.304 e. The number of nitrogens with one attached hydrogen (secondary N) is 1. The zero-order valence-corrected chi connectivity index (χ0v) is 7.00. The first kappa shape index (κ1) is 6.05. The van der Waals surface area contributed by atoms with Crippen LogP contribution in [0.1, 0.15) is 6.42 Å². The van der Waals surface area contributed by atoms with Crippen LogP contribution in [0.5, 0.6) is 0 Å². The molecule has 1 aliphatic heterocycles. The lowest BCUT2D eigenvalue weighted by Gasteiger charge is -2.01. The van der Waals surface area contributed by atoms with Crippen LogP contribution in [0.3, 0.4) is 0 Å². The monoisotopic (exact) mass is 227 g/mol. The van der Waals surface area contributed by atoms with Gasteiger partial charge >= 0.3 is 0 Å². The third-order valence-electron chi connectivity index (χ3n) is 1.08. The first-order chi connectivity index (χ1) is 3.30. The second-order valence-electron chi connectivity index (χ2n) is 1.66. The maximum absolute atomic E-state index is 3.49. The van der Waals surface area contributed by atoms with E-state index in [1.807, 2.05) is 0 Å². The van der Waals surface area contributed by atoms with Crippen LogP contribution >= 0.6 is 31.9 Å². The van der Waals surface area contributed by atoms with Gasteiger partial charge in [-0.05, 0) is 13.0 Å². The van der Waals surface area contributed by atoms with E-state index in [1.165, 1.54) is 6.42 Å². The molecule has 3 heteroatoms. The Morgan fingerprint density at radius 3 is 2.29 bits per heavy atom. The largest absolute Gasteiger partial charge is 0.304 e. The lowest BCUT2D eigenvalue weighted by molar-refractivity contribution is 0.826. The van der Waals surface area contributed by atoms with E-state index in [0.717, 1.165) is 6.54 Å². The Hall–Kier alpha value is 0.920. The molecule has 0 aromatic heterocycles. The van der Waals surface area contributed by atoms with E-state index in [-0.39, 0.29) is 0 Å². The molecule has 1 rings (SSSR count). The summed E-state index contributed by atoms with van der Waals surface area (Å²) in [6.45, 7) is 1.13. The third-order valence-corrected chi connectivity index (χ3v) is 3.73. The van der Waals surface area contributed by atoms with Crippen molar-refractivity contribution in [3.05, 3.63) is 0 Å². The summed E-state index contributed by atoms with van der Waals surface area (Å²) < 4.78 is 0. The van der Waals surface area contributed by atoms with Crippen LogP contribution < -0.4 is 5.32 Å². The first-order valence-electron chi connectivity index (χ1n) is 2.32. The van der Waals surface area contributed by atoms with E-state index in [0.29, 0.717) is 9.78 Å². The summed E-state index contributed by atoms with van der Waals surface area (Å²) >= 11 is 6.94. The Labute approximate surface area is 60.1 Å². The molecule has 2 atom stereocenters. The van der Waals surface area contributed by atoms with Crippen molar-refractivity contribution in [3.8, 4) is 0 Å². The molecule has 42 valence electrons. The van der Waals surface area contributed by atoms with Gasteiger partial charge in [0.15, 0.2) is 0 Å². The van der Waals surface area contributed by atoms with Crippen LogP contribution in [0, 0.1) is 0 Å². The summed E-state index contributed by atoms with van der Waals surface area (Å²) in [5, 5.41) is 3.24. The zero-order chi connectivity index (χ0) is 5.28. The quantitative estimate of drug-likeness (QED) is 0.489. The van der Waals surface area contributed by atoms with Gasteiger partial charge in [0.1, 0.15) is 0 Å². The summed E-state index contributed by atoms with van der Waals surface area (Å²) in [5.41, 5.74) is 0. The Morgan fingerprint density at radius 2 is 2.14 bits per heavy atom. The van der Waals surface area contributed by atoms with Gasteiger partial charge in [-0.15, -0.1) is 0 Å². The number of alkyl halides is 2. The predicted molar refractivity (Wildman–Crippen MR) is 38.0 cm³/mol. The summed E-state index contributed by atoms with van der Waals surface area (Å²) in [6, 6.07) is 0. The van der Waals surface area contributed by atoms with E-state index >= 15 is 0 Å². The summed E-state index contributed by atoms with van der Waals surface area (Å²) in [7, 11) is 0. The van der Waals surface area contributed by atoms with Crippen molar-refractivity contribution in [3.63, 3.8) is 0 Å². The molecule has 1 N–H and O–H groups in total. The third kappa shape index (κ3) is 1.40. The molecule has 0 saturated carbocycles. The van der Waals surface area contributed by atoms with Crippen molar-refractivity contribution in [2.45, 2.75) is 16.2 Å². The van der Waals surface area contributed by atoms with E-state index in [1.54, 1.807) is 0 Å². The van der Waals surface area contributed by atoms with Gasteiger partial charge in [0.25, 0.3) is 0 Å². The van der Waals surface area contributed by atoms with Gasteiger partial charge in [0.05, 0.1) is 4.95 Å². The maximum Gasteiger partial charge on any atom is 0.0757 e. The van der Waals surface area contributed by atoms with Crippen molar-refractivity contribution < 1.29 is 0 Å². The minimum atomic E-state index is 0.493. The minimum absolute atomic E-state index is 0.493. The molecule has 0 radical (unpaired) electrons.